The molecule has 2 aromatic rings. The van der Waals surface area contributed by atoms with Crippen LogP contribution in [-0.2, 0) is 0 Å². The topological polar surface area (TPSA) is 49.7 Å². The predicted molar refractivity (Wildman–Crippen MR) is 69.6 cm³/mol. The van der Waals surface area contributed by atoms with Crippen molar-refractivity contribution in [1.82, 2.24) is 0 Å². The van der Waals surface area contributed by atoms with Crippen molar-refractivity contribution in [3.05, 3.63) is 60.2 Å². The summed E-state index contributed by atoms with van der Waals surface area (Å²) in [5.41, 5.74) is 0.748. The number of benzene rings is 2. The minimum Gasteiger partial charge on any atom is -0.457 e. The number of aliphatic hydroxyl groups is 2. The van der Waals surface area contributed by atoms with Crippen LogP contribution in [0.5, 0.6) is 11.5 Å². The Hall–Kier alpha value is -1.84. The third kappa shape index (κ3) is 3.32. The summed E-state index contributed by atoms with van der Waals surface area (Å²) in [6.45, 7) is -0.0368. The van der Waals surface area contributed by atoms with Gasteiger partial charge in [0.1, 0.15) is 11.5 Å². The third-order valence-electron chi connectivity index (χ3n) is 2.62. The Bertz CT molecular complexity index is 482. The molecule has 0 spiro atoms. The van der Waals surface area contributed by atoms with Crippen molar-refractivity contribution in [2.45, 2.75) is 12.5 Å². The van der Waals surface area contributed by atoms with Crippen molar-refractivity contribution in [3.8, 4) is 11.5 Å². The van der Waals surface area contributed by atoms with E-state index in [9.17, 15) is 5.11 Å². The summed E-state index contributed by atoms with van der Waals surface area (Å²) >= 11 is 0. The van der Waals surface area contributed by atoms with Crippen molar-refractivity contribution in [2.75, 3.05) is 6.61 Å². The van der Waals surface area contributed by atoms with E-state index in [1.165, 1.54) is 0 Å². The maximum absolute atomic E-state index is 9.80. The average molecular weight is 244 g/mol. The smallest absolute Gasteiger partial charge is 0.127 e. The molecule has 1 atom stereocenters. The first kappa shape index (κ1) is 12.6. The first-order chi connectivity index (χ1) is 8.79. The molecule has 3 heteroatoms. The zero-order valence-corrected chi connectivity index (χ0v) is 9.99. The van der Waals surface area contributed by atoms with Gasteiger partial charge >= 0.3 is 0 Å². The molecule has 2 N–H and O–H groups in total. The van der Waals surface area contributed by atoms with Crippen LogP contribution in [0.2, 0.25) is 0 Å². The highest BCUT2D eigenvalue weighted by Crippen LogP contribution is 2.25. The van der Waals surface area contributed by atoms with E-state index in [1.807, 2.05) is 48.5 Å². The molecule has 2 aromatic carbocycles. The fraction of sp³-hybridized carbons (Fsp3) is 0.200. The molecule has 0 aliphatic rings. The number of hydrogen-bond donors (Lipinski definition) is 2. The largest absolute Gasteiger partial charge is 0.457 e. The quantitative estimate of drug-likeness (QED) is 0.850. The van der Waals surface area contributed by atoms with Crippen molar-refractivity contribution < 1.29 is 14.9 Å². The van der Waals surface area contributed by atoms with E-state index in [0.717, 1.165) is 11.3 Å². The summed E-state index contributed by atoms with van der Waals surface area (Å²) in [7, 11) is 0. The Balaban J connectivity index is 2.12. The van der Waals surface area contributed by atoms with E-state index in [1.54, 1.807) is 6.07 Å². The Labute approximate surface area is 106 Å². The molecule has 94 valence electrons. The van der Waals surface area contributed by atoms with Crippen LogP contribution < -0.4 is 4.74 Å². The van der Waals surface area contributed by atoms with Crippen molar-refractivity contribution in [1.29, 1.82) is 0 Å². The van der Waals surface area contributed by atoms with E-state index in [0.29, 0.717) is 12.2 Å². The molecule has 1 unspecified atom stereocenters. The van der Waals surface area contributed by atoms with Gasteiger partial charge in [0.2, 0.25) is 0 Å². The van der Waals surface area contributed by atoms with Gasteiger partial charge in [-0.2, -0.15) is 0 Å². The summed E-state index contributed by atoms with van der Waals surface area (Å²) in [4.78, 5) is 0. The average Bonchev–Trinajstić information content (AvgIpc) is 2.40. The van der Waals surface area contributed by atoms with Gasteiger partial charge in [0, 0.05) is 13.0 Å². The molecule has 0 aromatic heterocycles. The summed E-state index contributed by atoms with van der Waals surface area (Å²) in [5.74, 6) is 1.43. The fourth-order valence-corrected chi connectivity index (χ4v) is 1.70. The van der Waals surface area contributed by atoms with Gasteiger partial charge < -0.3 is 14.9 Å². The molecule has 0 fully saturated rings. The van der Waals surface area contributed by atoms with Crippen LogP contribution in [0.15, 0.2) is 54.6 Å². The van der Waals surface area contributed by atoms with Crippen LogP contribution in [0, 0.1) is 0 Å². The van der Waals surface area contributed by atoms with Crippen LogP contribution >= 0.6 is 0 Å². The molecule has 0 radical (unpaired) electrons. The maximum atomic E-state index is 9.80. The summed E-state index contributed by atoms with van der Waals surface area (Å²) in [5, 5.41) is 18.6. The minimum absolute atomic E-state index is 0.0368. The molecular formula is C15H16O3. The lowest BCUT2D eigenvalue weighted by Gasteiger charge is -2.11. The van der Waals surface area contributed by atoms with Gasteiger partial charge in [-0.3, -0.25) is 0 Å². The van der Waals surface area contributed by atoms with Gasteiger partial charge in [-0.05, 0) is 29.8 Å². The van der Waals surface area contributed by atoms with Crippen LogP contribution in [0.3, 0.4) is 0 Å². The first-order valence-corrected chi connectivity index (χ1v) is 5.91. The molecule has 18 heavy (non-hydrogen) atoms. The molecule has 3 nitrogen and oxygen atoms in total. The lowest BCUT2D eigenvalue weighted by molar-refractivity contribution is 0.134. The van der Waals surface area contributed by atoms with Crippen molar-refractivity contribution in [2.24, 2.45) is 0 Å². The van der Waals surface area contributed by atoms with Crippen LogP contribution in [0.25, 0.3) is 0 Å². The number of ether oxygens (including phenoxy) is 1. The standard InChI is InChI=1S/C15H16O3/c16-10-9-15(17)12-5-4-8-14(11-12)18-13-6-2-1-3-7-13/h1-8,11,15-17H,9-10H2. The van der Waals surface area contributed by atoms with Crippen LogP contribution in [-0.4, -0.2) is 16.8 Å². The lowest BCUT2D eigenvalue weighted by Crippen LogP contribution is -2.00. The van der Waals surface area contributed by atoms with Gasteiger partial charge in [-0.1, -0.05) is 30.3 Å². The number of rotatable bonds is 5. The molecule has 0 aliphatic carbocycles. The SMILES string of the molecule is OCCC(O)c1cccc(Oc2ccccc2)c1. The Morgan fingerprint density at radius 3 is 2.39 bits per heavy atom. The zero-order valence-electron chi connectivity index (χ0n) is 9.99. The zero-order chi connectivity index (χ0) is 12.8. The Morgan fingerprint density at radius 2 is 1.67 bits per heavy atom. The molecule has 0 heterocycles. The van der Waals surface area contributed by atoms with Gasteiger partial charge in [0.25, 0.3) is 0 Å². The highest BCUT2D eigenvalue weighted by Gasteiger charge is 2.07. The predicted octanol–water partition coefficient (Wildman–Crippen LogP) is 2.89. The second-order valence-electron chi connectivity index (χ2n) is 4.02. The van der Waals surface area contributed by atoms with Crippen LogP contribution in [0.4, 0.5) is 0 Å². The molecule has 0 bridgehead atoms. The van der Waals surface area contributed by atoms with Gasteiger partial charge in [-0.15, -0.1) is 0 Å². The summed E-state index contributed by atoms with van der Waals surface area (Å²) in [6, 6.07) is 16.7. The van der Waals surface area contributed by atoms with Gasteiger partial charge in [-0.25, -0.2) is 0 Å². The highest BCUT2D eigenvalue weighted by atomic mass is 16.5. The molecule has 0 amide bonds. The third-order valence-corrected chi connectivity index (χ3v) is 2.62. The van der Waals surface area contributed by atoms with E-state index in [4.69, 9.17) is 9.84 Å². The number of hydrogen-bond acceptors (Lipinski definition) is 3. The molecule has 0 aliphatic heterocycles. The summed E-state index contributed by atoms with van der Waals surface area (Å²) < 4.78 is 5.67. The maximum Gasteiger partial charge on any atom is 0.127 e. The van der Waals surface area contributed by atoms with Gasteiger partial charge in [0.05, 0.1) is 6.10 Å². The highest BCUT2D eigenvalue weighted by molar-refractivity contribution is 5.34. The van der Waals surface area contributed by atoms with Gasteiger partial charge in [0.15, 0.2) is 0 Å². The molecule has 0 saturated heterocycles. The fourth-order valence-electron chi connectivity index (χ4n) is 1.70. The number of aliphatic hydroxyl groups excluding tert-OH is 2. The Morgan fingerprint density at radius 1 is 0.944 bits per heavy atom. The molecule has 2 rings (SSSR count). The number of para-hydroxylation sites is 1. The first-order valence-electron chi connectivity index (χ1n) is 5.91. The van der Waals surface area contributed by atoms with Crippen LogP contribution in [0.1, 0.15) is 18.1 Å². The van der Waals surface area contributed by atoms with Crippen molar-refractivity contribution in [3.63, 3.8) is 0 Å². The molecule has 0 saturated carbocycles. The second-order valence-corrected chi connectivity index (χ2v) is 4.02. The monoisotopic (exact) mass is 244 g/mol. The lowest BCUT2D eigenvalue weighted by atomic mass is 10.1. The van der Waals surface area contributed by atoms with E-state index < -0.39 is 6.10 Å². The van der Waals surface area contributed by atoms with E-state index >= 15 is 0 Å². The summed E-state index contributed by atoms with van der Waals surface area (Å²) in [6.07, 6.45) is -0.330. The molecular weight excluding hydrogens is 228 g/mol. The minimum atomic E-state index is -0.658. The Kier molecular flexibility index (Phi) is 4.34. The second kappa shape index (κ2) is 6.19. The van der Waals surface area contributed by atoms with E-state index in [2.05, 4.69) is 0 Å². The normalized spacial score (nSPS) is 12.1. The van der Waals surface area contributed by atoms with E-state index in [-0.39, 0.29) is 6.61 Å². The van der Waals surface area contributed by atoms with Crippen molar-refractivity contribution >= 4 is 0 Å².